The van der Waals surface area contributed by atoms with Crippen LogP contribution in [-0.2, 0) is 16.1 Å². The zero-order chi connectivity index (χ0) is 17.2. The van der Waals surface area contributed by atoms with E-state index >= 15 is 0 Å². The van der Waals surface area contributed by atoms with Gasteiger partial charge in [0.05, 0.1) is 13.2 Å². The second kappa shape index (κ2) is 6.53. The first kappa shape index (κ1) is 16.9. The number of hydrogen-bond acceptors (Lipinski definition) is 2. The molecule has 0 radical (unpaired) electrons. The Bertz CT molecular complexity index is 661. The number of rotatable bonds is 5. The molecule has 0 spiro atoms. The highest BCUT2D eigenvalue weighted by Gasteiger charge is 2.72. The summed E-state index contributed by atoms with van der Waals surface area (Å²) in [5.41, 5.74) is 0.790. The molecule has 0 N–H and O–H groups in total. The van der Waals surface area contributed by atoms with Gasteiger partial charge in [0.25, 0.3) is 0 Å². The lowest BCUT2D eigenvalue weighted by atomic mass is 10.00. The lowest BCUT2D eigenvalue weighted by Crippen LogP contribution is -2.45. The highest BCUT2D eigenvalue weighted by molar-refractivity contribution is 5.23. The third kappa shape index (κ3) is 3.03. The molecule has 6 heteroatoms. The van der Waals surface area contributed by atoms with Crippen LogP contribution < -0.4 is 0 Å². The fourth-order valence-corrected chi connectivity index (χ4v) is 2.64. The SMILES string of the molecule is FC1(F)[C@@H](COCc2ccccc2)O[C@@H](c2ccccc2)C1(F)F. The largest absolute Gasteiger partial charge is 0.374 e. The van der Waals surface area contributed by atoms with Crippen LogP contribution in [0.15, 0.2) is 60.7 Å². The topological polar surface area (TPSA) is 18.5 Å². The summed E-state index contributed by atoms with van der Waals surface area (Å²) in [7, 11) is 0. The van der Waals surface area contributed by atoms with Gasteiger partial charge in [-0.1, -0.05) is 60.7 Å². The van der Waals surface area contributed by atoms with Crippen LogP contribution in [0.1, 0.15) is 17.2 Å². The maximum absolute atomic E-state index is 14.1. The van der Waals surface area contributed by atoms with E-state index in [0.717, 1.165) is 5.56 Å². The van der Waals surface area contributed by atoms with E-state index in [9.17, 15) is 17.6 Å². The molecule has 0 aliphatic carbocycles. The zero-order valence-electron chi connectivity index (χ0n) is 12.7. The Morgan fingerprint density at radius 3 is 2.04 bits per heavy atom. The van der Waals surface area contributed by atoms with E-state index in [2.05, 4.69) is 0 Å². The van der Waals surface area contributed by atoms with Gasteiger partial charge >= 0.3 is 11.8 Å². The van der Waals surface area contributed by atoms with Gasteiger partial charge in [-0.05, 0) is 11.1 Å². The molecule has 128 valence electrons. The van der Waals surface area contributed by atoms with Crippen molar-refractivity contribution >= 4 is 0 Å². The van der Waals surface area contributed by atoms with Gasteiger partial charge in [-0.3, -0.25) is 0 Å². The first-order chi connectivity index (χ1) is 11.4. The molecule has 24 heavy (non-hydrogen) atoms. The van der Waals surface area contributed by atoms with E-state index in [1.807, 2.05) is 6.07 Å². The van der Waals surface area contributed by atoms with Crippen molar-refractivity contribution < 1.29 is 27.0 Å². The predicted octanol–water partition coefficient (Wildman–Crippen LogP) is 4.61. The summed E-state index contributed by atoms with van der Waals surface area (Å²) in [4.78, 5) is 0. The minimum absolute atomic E-state index is 0.0211. The normalized spacial score (nSPS) is 24.8. The Kier molecular flexibility index (Phi) is 4.60. The van der Waals surface area contributed by atoms with Gasteiger partial charge in [0.2, 0.25) is 0 Å². The van der Waals surface area contributed by atoms with Gasteiger partial charge in [0.15, 0.2) is 12.2 Å². The zero-order valence-corrected chi connectivity index (χ0v) is 12.7. The summed E-state index contributed by atoms with van der Waals surface area (Å²) in [6.07, 6.45) is -3.99. The third-order valence-corrected chi connectivity index (χ3v) is 3.96. The van der Waals surface area contributed by atoms with Gasteiger partial charge in [-0.25, -0.2) is 0 Å². The van der Waals surface area contributed by atoms with Crippen LogP contribution in [0, 0.1) is 0 Å². The molecule has 1 aliphatic rings. The maximum Gasteiger partial charge on any atom is 0.342 e. The van der Waals surface area contributed by atoms with Crippen molar-refractivity contribution in [3.63, 3.8) is 0 Å². The molecule has 0 saturated carbocycles. The van der Waals surface area contributed by atoms with Gasteiger partial charge < -0.3 is 9.47 Å². The van der Waals surface area contributed by atoms with Crippen LogP contribution in [0.4, 0.5) is 17.6 Å². The summed E-state index contributed by atoms with van der Waals surface area (Å²) < 4.78 is 66.6. The third-order valence-electron chi connectivity index (χ3n) is 3.96. The Labute approximate surface area is 137 Å². The van der Waals surface area contributed by atoms with Crippen LogP contribution in [0.3, 0.4) is 0 Å². The highest BCUT2D eigenvalue weighted by atomic mass is 19.3. The van der Waals surface area contributed by atoms with E-state index < -0.39 is 30.7 Å². The molecule has 1 aliphatic heterocycles. The van der Waals surface area contributed by atoms with E-state index in [4.69, 9.17) is 9.47 Å². The van der Waals surface area contributed by atoms with Gasteiger partial charge in [0.1, 0.15) is 0 Å². The minimum atomic E-state index is -4.30. The quantitative estimate of drug-likeness (QED) is 0.740. The summed E-state index contributed by atoms with van der Waals surface area (Å²) >= 11 is 0. The molecule has 0 unspecified atom stereocenters. The molecule has 2 aromatic rings. The van der Waals surface area contributed by atoms with Crippen LogP contribution in [-0.4, -0.2) is 24.6 Å². The van der Waals surface area contributed by atoms with Crippen molar-refractivity contribution in [1.82, 2.24) is 0 Å². The number of halogens is 4. The van der Waals surface area contributed by atoms with Gasteiger partial charge in [0, 0.05) is 0 Å². The molecular formula is C18H16F4O2. The second-order valence-electron chi connectivity index (χ2n) is 5.66. The van der Waals surface area contributed by atoms with E-state index in [-0.39, 0.29) is 12.2 Å². The maximum atomic E-state index is 14.1. The van der Waals surface area contributed by atoms with Crippen LogP contribution in [0.25, 0.3) is 0 Å². The van der Waals surface area contributed by atoms with Crippen LogP contribution in [0.2, 0.25) is 0 Å². The molecule has 3 rings (SSSR count). The molecule has 1 saturated heterocycles. The van der Waals surface area contributed by atoms with Crippen LogP contribution in [0.5, 0.6) is 0 Å². The molecule has 2 nitrogen and oxygen atoms in total. The molecule has 0 amide bonds. The molecule has 2 aromatic carbocycles. The van der Waals surface area contributed by atoms with E-state index in [1.165, 1.54) is 24.3 Å². The minimum Gasteiger partial charge on any atom is -0.374 e. The summed E-state index contributed by atoms with van der Waals surface area (Å²) in [5.74, 6) is -8.60. The van der Waals surface area contributed by atoms with Gasteiger partial charge in [-0.2, -0.15) is 17.6 Å². The lowest BCUT2D eigenvalue weighted by Gasteiger charge is -2.23. The lowest BCUT2D eigenvalue weighted by molar-refractivity contribution is -0.203. The van der Waals surface area contributed by atoms with Crippen molar-refractivity contribution in [3.8, 4) is 0 Å². The molecule has 2 atom stereocenters. The van der Waals surface area contributed by atoms with Crippen molar-refractivity contribution in [2.24, 2.45) is 0 Å². The van der Waals surface area contributed by atoms with Gasteiger partial charge in [-0.15, -0.1) is 0 Å². The Morgan fingerprint density at radius 1 is 0.833 bits per heavy atom. The number of hydrogen-bond donors (Lipinski definition) is 0. The Balaban J connectivity index is 1.70. The van der Waals surface area contributed by atoms with Crippen molar-refractivity contribution in [2.75, 3.05) is 6.61 Å². The van der Waals surface area contributed by atoms with E-state index in [1.54, 1.807) is 30.3 Å². The molecule has 1 fully saturated rings. The monoisotopic (exact) mass is 340 g/mol. The Morgan fingerprint density at radius 2 is 1.42 bits per heavy atom. The van der Waals surface area contributed by atoms with Crippen molar-refractivity contribution in [1.29, 1.82) is 0 Å². The molecular weight excluding hydrogens is 324 g/mol. The Hall–Kier alpha value is -1.92. The number of ether oxygens (including phenoxy) is 2. The predicted molar refractivity (Wildman–Crippen MR) is 80.0 cm³/mol. The fourth-order valence-electron chi connectivity index (χ4n) is 2.64. The van der Waals surface area contributed by atoms with E-state index in [0.29, 0.717) is 0 Å². The number of benzene rings is 2. The highest BCUT2D eigenvalue weighted by Crippen LogP contribution is 2.54. The second-order valence-corrected chi connectivity index (χ2v) is 5.66. The van der Waals surface area contributed by atoms with Crippen molar-refractivity contribution in [3.05, 3.63) is 71.8 Å². The molecule has 0 bridgehead atoms. The first-order valence-corrected chi connectivity index (χ1v) is 7.50. The summed E-state index contributed by atoms with van der Waals surface area (Å²) in [6, 6.07) is 16.2. The molecule has 0 aromatic heterocycles. The summed E-state index contributed by atoms with van der Waals surface area (Å²) in [6.45, 7) is -0.556. The standard InChI is InChI=1S/C18H16F4O2/c19-17(20)15(12-23-11-13-7-3-1-4-8-13)24-16(18(17,21)22)14-9-5-2-6-10-14/h1-10,15-16H,11-12H2/t15-,16+/m1/s1. The average Bonchev–Trinajstić information content (AvgIpc) is 2.76. The fraction of sp³-hybridized carbons (Fsp3) is 0.333. The smallest absolute Gasteiger partial charge is 0.342 e. The first-order valence-electron chi connectivity index (χ1n) is 7.50. The average molecular weight is 340 g/mol. The molecule has 1 heterocycles. The van der Waals surface area contributed by atoms with Crippen LogP contribution >= 0.6 is 0 Å². The van der Waals surface area contributed by atoms with Crippen molar-refractivity contribution in [2.45, 2.75) is 30.7 Å². The number of alkyl halides is 4. The summed E-state index contributed by atoms with van der Waals surface area (Å²) in [5, 5.41) is 0.